The number of amides is 1. The van der Waals surface area contributed by atoms with E-state index in [-0.39, 0.29) is 11.9 Å². The Balaban J connectivity index is 1.63. The van der Waals surface area contributed by atoms with Gasteiger partial charge in [0.15, 0.2) is 0 Å². The van der Waals surface area contributed by atoms with E-state index >= 15 is 0 Å². The third kappa shape index (κ3) is 3.07. The van der Waals surface area contributed by atoms with Crippen molar-refractivity contribution < 1.29 is 4.79 Å². The molecule has 1 amide bonds. The van der Waals surface area contributed by atoms with Crippen molar-refractivity contribution in [3.05, 3.63) is 47.9 Å². The van der Waals surface area contributed by atoms with E-state index in [1.165, 1.54) is 0 Å². The molecule has 1 saturated heterocycles. The molecule has 1 atom stereocenters. The first-order chi connectivity index (χ1) is 10.2. The molecule has 1 fully saturated rings. The summed E-state index contributed by atoms with van der Waals surface area (Å²) in [4.78, 5) is 21.8. The molecule has 5 heteroatoms. The maximum absolute atomic E-state index is 12.4. The van der Waals surface area contributed by atoms with E-state index < -0.39 is 0 Å². The lowest BCUT2D eigenvalue weighted by atomic mass is 10.2. The predicted octanol–water partition coefficient (Wildman–Crippen LogP) is 2.43. The second kappa shape index (κ2) is 5.99. The number of anilines is 1. The minimum atomic E-state index is 0.0847. The number of likely N-dealkylation sites (tertiary alicyclic amines) is 1. The molecule has 21 heavy (non-hydrogen) atoms. The molecule has 110 valence electrons. The molecule has 2 N–H and O–H groups in total. The van der Waals surface area contributed by atoms with Crippen LogP contribution in [0.1, 0.15) is 29.0 Å². The highest BCUT2D eigenvalue weighted by molar-refractivity contribution is 5.92. The van der Waals surface area contributed by atoms with Crippen LogP contribution in [-0.2, 0) is 0 Å². The highest BCUT2D eigenvalue weighted by Gasteiger charge is 2.29. The van der Waals surface area contributed by atoms with Gasteiger partial charge in [0, 0.05) is 31.0 Å². The summed E-state index contributed by atoms with van der Waals surface area (Å²) < 4.78 is 0. The standard InChI is InChI=1S/C16H20N4O/c1-12-5-2-8-15(19-12)18-11-13-6-4-10-20(13)16(21)14-7-3-9-17-14/h2-3,5,7-9,13,17H,4,6,10-11H2,1H3,(H,18,19). The fourth-order valence-corrected chi connectivity index (χ4v) is 2.80. The molecule has 2 aromatic heterocycles. The van der Waals surface area contributed by atoms with Crippen molar-refractivity contribution in [3.63, 3.8) is 0 Å². The Morgan fingerprint density at radius 2 is 2.33 bits per heavy atom. The van der Waals surface area contributed by atoms with Crippen molar-refractivity contribution in [3.8, 4) is 0 Å². The van der Waals surface area contributed by atoms with Crippen LogP contribution in [-0.4, -0.2) is 39.9 Å². The number of carbonyl (C=O) groups is 1. The van der Waals surface area contributed by atoms with Gasteiger partial charge >= 0.3 is 0 Å². The Hall–Kier alpha value is -2.30. The van der Waals surface area contributed by atoms with Crippen LogP contribution in [0, 0.1) is 6.92 Å². The Bertz CT molecular complexity index is 608. The topological polar surface area (TPSA) is 61.0 Å². The summed E-state index contributed by atoms with van der Waals surface area (Å²) in [7, 11) is 0. The molecular formula is C16H20N4O. The van der Waals surface area contributed by atoms with Crippen molar-refractivity contribution in [1.82, 2.24) is 14.9 Å². The number of hydrogen-bond donors (Lipinski definition) is 2. The number of aromatic nitrogens is 2. The normalized spacial score (nSPS) is 18.0. The number of nitrogens with zero attached hydrogens (tertiary/aromatic N) is 2. The number of aromatic amines is 1. The lowest BCUT2D eigenvalue weighted by molar-refractivity contribution is 0.0738. The molecule has 0 aliphatic carbocycles. The van der Waals surface area contributed by atoms with Crippen LogP contribution in [0.3, 0.4) is 0 Å². The van der Waals surface area contributed by atoms with E-state index in [2.05, 4.69) is 15.3 Å². The number of carbonyl (C=O) groups excluding carboxylic acids is 1. The summed E-state index contributed by atoms with van der Waals surface area (Å²) in [6.07, 6.45) is 3.87. The number of pyridine rings is 1. The summed E-state index contributed by atoms with van der Waals surface area (Å²) >= 11 is 0. The van der Waals surface area contributed by atoms with Gasteiger partial charge in [-0.05, 0) is 44.0 Å². The van der Waals surface area contributed by atoms with Crippen LogP contribution in [0.25, 0.3) is 0 Å². The number of rotatable bonds is 4. The van der Waals surface area contributed by atoms with Crippen LogP contribution in [0.4, 0.5) is 5.82 Å². The lowest BCUT2D eigenvalue weighted by Gasteiger charge is -2.24. The second-order valence-electron chi connectivity index (χ2n) is 5.42. The maximum atomic E-state index is 12.4. The Labute approximate surface area is 124 Å². The van der Waals surface area contributed by atoms with Crippen LogP contribution in [0.5, 0.6) is 0 Å². The van der Waals surface area contributed by atoms with Gasteiger partial charge in [0.1, 0.15) is 11.5 Å². The van der Waals surface area contributed by atoms with E-state index in [9.17, 15) is 4.79 Å². The molecule has 0 radical (unpaired) electrons. The summed E-state index contributed by atoms with van der Waals surface area (Å²) in [5.74, 6) is 0.954. The van der Waals surface area contributed by atoms with E-state index in [0.717, 1.165) is 37.4 Å². The van der Waals surface area contributed by atoms with E-state index in [1.807, 2.05) is 42.2 Å². The number of H-pyrrole nitrogens is 1. The zero-order valence-electron chi connectivity index (χ0n) is 12.2. The third-order valence-corrected chi connectivity index (χ3v) is 3.87. The zero-order chi connectivity index (χ0) is 14.7. The maximum Gasteiger partial charge on any atom is 0.270 e. The zero-order valence-corrected chi connectivity index (χ0v) is 12.2. The largest absolute Gasteiger partial charge is 0.368 e. The molecule has 0 saturated carbocycles. The van der Waals surface area contributed by atoms with Gasteiger partial charge < -0.3 is 15.2 Å². The van der Waals surface area contributed by atoms with Crippen molar-refractivity contribution in [2.45, 2.75) is 25.8 Å². The van der Waals surface area contributed by atoms with Crippen LogP contribution in [0.15, 0.2) is 36.5 Å². The molecule has 3 rings (SSSR count). The molecule has 5 nitrogen and oxygen atoms in total. The van der Waals surface area contributed by atoms with Gasteiger partial charge in [-0.15, -0.1) is 0 Å². The summed E-state index contributed by atoms with van der Waals surface area (Å²) in [6.45, 7) is 3.54. The smallest absolute Gasteiger partial charge is 0.270 e. The average Bonchev–Trinajstić information content (AvgIpc) is 3.16. The minimum absolute atomic E-state index is 0.0847. The molecule has 1 unspecified atom stereocenters. The van der Waals surface area contributed by atoms with E-state index in [4.69, 9.17) is 0 Å². The molecule has 0 bridgehead atoms. The number of nitrogens with one attached hydrogen (secondary N) is 2. The van der Waals surface area contributed by atoms with Gasteiger partial charge in [0.05, 0.1) is 0 Å². The summed E-state index contributed by atoms with van der Waals surface area (Å²) in [5, 5.41) is 3.34. The van der Waals surface area contributed by atoms with Gasteiger partial charge in [-0.2, -0.15) is 0 Å². The van der Waals surface area contributed by atoms with Crippen molar-refractivity contribution in [2.24, 2.45) is 0 Å². The first-order valence-electron chi connectivity index (χ1n) is 7.36. The second-order valence-corrected chi connectivity index (χ2v) is 5.42. The van der Waals surface area contributed by atoms with Gasteiger partial charge in [0.2, 0.25) is 0 Å². The Morgan fingerprint density at radius 1 is 1.43 bits per heavy atom. The molecule has 2 aromatic rings. The fourth-order valence-electron chi connectivity index (χ4n) is 2.80. The summed E-state index contributed by atoms with van der Waals surface area (Å²) in [6, 6.07) is 9.82. The molecule has 0 aromatic carbocycles. The number of hydrogen-bond acceptors (Lipinski definition) is 3. The highest BCUT2D eigenvalue weighted by Crippen LogP contribution is 2.20. The number of aryl methyl sites for hydroxylation is 1. The average molecular weight is 284 g/mol. The van der Waals surface area contributed by atoms with Crippen molar-refractivity contribution in [2.75, 3.05) is 18.4 Å². The first kappa shape index (κ1) is 13.7. The van der Waals surface area contributed by atoms with E-state index in [0.29, 0.717) is 5.69 Å². The minimum Gasteiger partial charge on any atom is -0.368 e. The van der Waals surface area contributed by atoms with Gasteiger partial charge in [-0.1, -0.05) is 6.07 Å². The van der Waals surface area contributed by atoms with Gasteiger partial charge in [0.25, 0.3) is 5.91 Å². The predicted molar refractivity (Wildman–Crippen MR) is 82.3 cm³/mol. The molecule has 1 aliphatic heterocycles. The van der Waals surface area contributed by atoms with Crippen molar-refractivity contribution >= 4 is 11.7 Å². The quantitative estimate of drug-likeness (QED) is 0.906. The molecular weight excluding hydrogens is 264 g/mol. The SMILES string of the molecule is Cc1cccc(NCC2CCCN2C(=O)c2ccc[nH]2)n1. The van der Waals surface area contributed by atoms with Crippen LogP contribution >= 0.6 is 0 Å². The monoisotopic (exact) mass is 284 g/mol. The third-order valence-electron chi connectivity index (χ3n) is 3.87. The van der Waals surface area contributed by atoms with E-state index in [1.54, 1.807) is 6.20 Å². The molecule has 1 aliphatic rings. The molecule has 3 heterocycles. The van der Waals surface area contributed by atoms with Crippen LogP contribution < -0.4 is 5.32 Å². The lowest BCUT2D eigenvalue weighted by Crippen LogP contribution is -2.39. The fraction of sp³-hybridized carbons (Fsp3) is 0.375. The molecule has 0 spiro atoms. The van der Waals surface area contributed by atoms with Gasteiger partial charge in [-0.25, -0.2) is 4.98 Å². The first-order valence-corrected chi connectivity index (χ1v) is 7.36. The van der Waals surface area contributed by atoms with Crippen molar-refractivity contribution in [1.29, 1.82) is 0 Å². The Kier molecular flexibility index (Phi) is 3.90. The van der Waals surface area contributed by atoms with Gasteiger partial charge in [-0.3, -0.25) is 4.79 Å². The Morgan fingerprint density at radius 3 is 3.10 bits per heavy atom. The van der Waals surface area contributed by atoms with Crippen LogP contribution in [0.2, 0.25) is 0 Å². The summed E-state index contributed by atoms with van der Waals surface area (Å²) in [5.41, 5.74) is 1.65. The highest BCUT2D eigenvalue weighted by atomic mass is 16.2.